The number of nitrogens with one attached hydrogen (secondary N) is 1. The predicted molar refractivity (Wildman–Crippen MR) is 79.8 cm³/mol. The van der Waals surface area contributed by atoms with Crippen molar-refractivity contribution in [2.24, 2.45) is 0 Å². The highest BCUT2D eigenvalue weighted by Crippen LogP contribution is 2.34. The first-order chi connectivity index (χ1) is 10.2. The Kier molecular flexibility index (Phi) is 3.92. The molecule has 1 aromatic rings. The summed E-state index contributed by atoms with van der Waals surface area (Å²) in [5.41, 5.74) is 0.0805. The van der Waals surface area contributed by atoms with Gasteiger partial charge in [-0.15, -0.1) is 0 Å². The molecule has 2 aliphatic rings. The van der Waals surface area contributed by atoms with Crippen LogP contribution in [0.5, 0.6) is 0 Å². The third-order valence-corrected chi connectivity index (χ3v) is 4.14. The lowest BCUT2D eigenvalue weighted by Crippen LogP contribution is -2.49. The van der Waals surface area contributed by atoms with Gasteiger partial charge in [0.1, 0.15) is 11.6 Å². The van der Waals surface area contributed by atoms with Crippen LogP contribution in [0.1, 0.15) is 26.2 Å². The fraction of sp³-hybridized carbons (Fsp3) is 0.643. The van der Waals surface area contributed by atoms with E-state index in [2.05, 4.69) is 15.2 Å². The number of rotatable bonds is 4. The van der Waals surface area contributed by atoms with Crippen LogP contribution < -0.4 is 10.2 Å². The van der Waals surface area contributed by atoms with E-state index in [-0.39, 0.29) is 16.7 Å². The van der Waals surface area contributed by atoms with Gasteiger partial charge in [0.2, 0.25) is 0 Å². The molecular weight excluding hydrogens is 272 g/mol. The molecule has 1 N–H and O–H groups in total. The summed E-state index contributed by atoms with van der Waals surface area (Å²) in [5.74, 6) is 1.24. The van der Waals surface area contributed by atoms with E-state index in [1.807, 2.05) is 6.92 Å². The number of anilines is 2. The maximum Gasteiger partial charge on any atom is 0.276 e. The van der Waals surface area contributed by atoms with Crippen LogP contribution >= 0.6 is 0 Å². The van der Waals surface area contributed by atoms with Gasteiger partial charge in [-0.25, -0.2) is 4.98 Å². The van der Waals surface area contributed by atoms with E-state index in [0.717, 1.165) is 25.8 Å². The average Bonchev–Trinajstić information content (AvgIpc) is 2.95. The standard InChI is InChI=1S/C14H20N4O3/c1-2-15-13-8-10(18(19)20)9-14(16-13)17-6-7-21-12-5-3-4-11(12)17/h8-9,11-12H,2-7H2,1H3,(H,15,16). The van der Waals surface area contributed by atoms with Crippen molar-refractivity contribution in [3.63, 3.8) is 0 Å². The third kappa shape index (κ3) is 2.78. The van der Waals surface area contributed by atoms with Crippen LogP contribution in [-0.4, -0.2) is 41.7 Å². The highest BCUT2D eigenvalue weighted by atomic mass is 16.6. The summed E-state index contributed by atoms with van der Waals surface area (Å²) in [6.07, 6.45) is 3.50. The monoisotopic (exact) mass is 292 g/mol. The summed E-state index contributed by atoms with van der Waals surface area (Å²) in [6.45, 7) is 4.02. The van der Waals surface area contributed by atoms with Crippen molar-refractivity contribution in [2.75, 3.05) is 29.9 Å². The number of aromatic nitrogens is 1. The van der Waals surface area contributed by atoms with Crippen molar-refractivity contribution in [1.29, 1.82) is 0 Å². The molecule has 7 nitrogen and oxygen atoms in total. The van der Waals surface area contributed by atoms with Gasteiger partial charge in [0.15, 0.2) is 0 Å². The van der Waals surface area contributed by atoms with Crippen molar-refractivity contribution in [1.82, 2.24) is 4.98 Å². The van der Waals surface area contributed by atoms with E-state index in [1.165, 1.54) is 6.07 Å². The number of pyridine rings is 1. The Morgan fingerprint density at radius 3 is 3.14 bits per heavy atom. The van der Waals surface area contributed by atoms with E-state index < -0.39 is 0 Å². The van der Waals surface area contributed by atoms with Gasteiger partial charge in [0.25, 0.3) is 5.69 Å². The van der Waals surface area contributed by atoms with E-state index >= 15 is 0 Å². The Hall–Kier alpha value is -1.89. The molecule has 0 bridgehead atoms. The minimum atomic E-state index is -0.363. The summed E-state index contributed by atoms with van der Waals surface area (Å²) in [5, 5.41) is 14.2. The number of fused-ring (bicyclic) bond motifs is 1. The van der Waals surface area contributed by atoms with Gasteiger partial charge >= 0.3 is 0 Å². The highest BCUT2D eigenvalue weighted by Gasteiger charge is 2.37. The molecule has 114 valence electrons. The molecule has 0 radical (unpaired) electrons. The SMILES string of the molecule is CCNc1cc([N+](=O)[O-])cc(N2CCOC3CCCC32)n1. The first kappa shape index (κ1) is 14.1. The van der Waals surface area contributed by atoms with Gasteiger partial charge in [-0.3, -0.25) is 10.1 Å². The van der Waals surface area contributed by atoms with Crippen LogP contribution in [0.25, 0.3) is 0 Å². The Labute approximate surface area is 123 Å². The maximum atomic E-state index is 11.1. The topological polar surface area (TPSA) is 80.5 Å². The van der Waals surface area contributed by atoms with Crippen LogP contribution in [0.3, 0.4) is 0 Å². The molecule has 0 spiro atoms. The van der Waals surface area contributed by atoms with Crippen molar-refractivity contribution < 1.29 is 9.66 Å². The lowest BCUT2D eigenvalue weighted by Gasteiger charge is -2.38. The molecule has 2 heterocycles. The molecule has 1 saturated carbocycles. The van der Waals surface area contributed by atoms with Crippen molar-refractivity contribution in [2.45, 2.75) is 38.3 Å². The van der Waals surface area contributed by atoms with Gasteiger partial charge in [-0.2, -0.15) is 0 Å². The molecule has 1 aromatic heterocycles. The largest absolute Gasteiger partial charge is 0.374 e. The molecule has 7 heteroatoms. The van der Waals surface area contributed by atoms with Gasteiger partial charge in [-0.1, -0.05) is 0 Å². The maximum absolute atomic E-state index is 11.1. The first-order valence-electron chi connectivity index (χ1n) is 7.47. The molecule has 0 aromatic carbocycles. The number of ether oxygens (including phenoxy) is 1. The Balaban J connectivity index is 1.94. The molecule has 1 aliphatic heterocycles. The lowest BCUT2D eigenvalue weighted by atomic mass is 10.1. The normalized spacial score (nSPS) is 24.7. The summed E-state index contributed by atoms with van der Waals surface area (Å²) in [4.78, 5) is 17.5. The molecule has 21 heavy (non-hydrogen) atoms. The molecule has 3 rings (SSSR count). The van der Waals surface area contributed by atoms with Gasteiger partial charge < -0.3 is 15.0 Å². The number of morpholine rings is 1. The van der Waals surface area contributed by atoms with Crippen LogP contribution in [0.2, 0.25) is 0 Å². The molecule has 1 aliphatic carbocycles. The fourth-order valence-corrected chi connectivity index (χ4v) is 3.24. The molecule has 1 saturated heterocycles. The van der Waals surface area contributed by atoms with Gasteiger partial charge in [-0.05, 0) is 26.2 Å². The Morgan fingerprint density at radius 2 is 2.38 bits per heavy atom. The number of hydrogen-bond donors (Lipinski definition) is 1. The number of nitro groups is 1. The van der Waals surface area contributed by atoms with Crippen molar-refractivity contribution >= 4 is 17.3 Å². The van der Waals surface area contributed by atoms with Gasteiger partial charge in [0, 0.05) is 13.1 Å². The zero-order valence-corrected chi connectivity index (χ0v) is 12.1. The molecule has 2 unspecified atom stereocenters. The second-order valence-electron chi connectivity index (χ2n) is 5.46. The quantitative estimate of drug-likeness (QED) is 0.676. The van der Waals surface area contributed by atoms with Crippen LogP contribution in [-0.2, 0) is 4.74 Å². The lowest BCUT2D eigenvalue weighted by molar-refractivity contribution is -0.384. The van der Waals surface area contributed by atoms with E-state index in [0.29, 0.717) is 30.8 Å². The van der Waals surface area contributed by atoms with Crippen molar-refractivity contribution in [3.8, 4) is 0 Å². The number of hydrogen-bond acceptors (Lipinski definition) is 6. The zero-order valence-electron chi connectivity index (χ0n) is 12.1. The molecule has 2 fully saturated rings. The second kappa shape index (κ2) is 5.85. The second-order valence-corrected chi connectivity index (χ2v) is 5.46. The summed E-state index contributed by atoms with van der Waals surface area (Å²) >= 11 is 0. The predicted octanol–water partition coefficient (Wildman–Crippen LogP) is 2.18. The molecular formula is C14H20N4O3. The Morgan fingerprint density at radius 1 is 1.52 bits per heavy atom. The first-order valence-corrected chi connectivity index (χ1v) is 7.47. The van der Waals surface area contributed by atoms with Crippen LogP contribution in [0, 0.1) is 10.1 Å². The van der Waals surface area contributed by atoms with E-state index in [4.69, 9.17) is 4.74 Å². The Bertz CT molecular complexity index is 537. The van der Waals surface area contributed by atoms with E-state index in [1.54, 1.807) is 6.07 Å². The van der Waals surface area contributed by atoms with Crippen molar-refractivity contribution in [3.05, 3.63) is 22.2 Å². The average molecular weight is 292 g/mol. The molecule has 0 amide bonds. The molecule has 2 atom stereocenters. The summed E-state index contributed by atoms with van der Waals surface area (Å²) in [7, 11) is 0. The summed E-state index contributed by atoms with van der Waals surface area (Å²) in [6, 6.07) is 3.35. The minimum Gasteiger partial charge on any atom is -0.374 e. The minimum absolute atomic E-state index is 0.0805. The fourth-order valence-electron chi connectivity index (χ4n) is 3.24. The van der Waals surface area contributed by atoms with Gasteiger partial charge in [0.05, 0.1) is 35.8 Å². The van der Waals surface area contributed by atoms with Crippen LogP contribution in [0.15, 0.2) is 12.1 Å². The van der Waals surface area contributed by atoms with E-state index in [9.17, 15) is 10.1 Å². The summed E-state index contributed by atoms with van der Waals surface area (Å²) < 4.78 is 5.79. The third-order valence-electron chi connectivity index (χ3n) is 4.14. The highest BCUT2D eigenvalue weighted by molar-refractivity contribution is 5.56. The smallest absolute Gasteiger partial charge is 0.276 e. The van der Waals surface area contributed by atoms with Crippen LogP contribution in [0.4, 0.5) is 17.3 Å². The zero-order chi connectivity index (χ0) is 14.8. The number of nitrogens with zero attached hydrogens (tertiary/aromatic N) is 3.